The Labute approximate surface area is 117 Å². The lowest BCUT2D eigenvalue weighted by Crippen LogP contribution is -2.31. The number of amides is 1. The number of nitrogens with one attached hydrogen (secondary N) is 1. The van der Waals surface area contributed by atoms with Gasteiger partial charge < -0.3 is 5.32 Å². The van der Waals surface area contributed by atoms with Gasteiger partial charge in [0, 0.05) is 24.1 Å². The van der Waals surface area contributed by atoms with Crippen LogP contribution < -0.4 is 5.32 Å². The highest BCUT2D eigenvalue weighted by atomic mass is 19.1. The second-order valence-electron chi connectivity index (χ2n) is 5.01. The van der Waals surface area contributed by atoms with Crippen LogP contribution in [0.3, 0.4) is 0 Å². The van der Waals surface area contributed by atoms with Crippen LogP contribution in [0.2, 0.25) is 0 Å². The normalized spacial score (nSPS) is 16.8. The third-order valence-corrected chi connectivity index (χ3v) is 3.51. The number of hydrogen-bond acceptors (Lipinski definition) is 1. The van der Waals surface area contributed by atoms with E-state index in [-0.39, 0.29) is 11.3 Å². The fourth-order valence-electron chi connectivity index (χ4n) is 2.18. The summed E-state index contributed by atoms with van der Waals surface area (Å²) in [6, 6.07) is 3.62. The van der Waals surface area contributed by atoms with Crippen molar-refractivity contribution in [2.75, 3.05) is 6.54 Å². The first-order valence-corrected chi connectivity index (χ1v) is 6.60. The zero-order valence-electron chi connectivity index (χ0n) is 11.3. The van der Waals surface area contributed by atoms with Gasteiger partial charge in [-0.3, -0.25) is 4.79 Å². The van der Waals surface area contributed by atoms with Crippen molar-refractivity contribution < 1.29 is 13.6 Å². The van der Waals surface area contributed by atoms with Crippen molar-refractivity contribution >= 4 is 5.91 Å². The van der Waals surface area contributed by atoms with Crippen LogP contribution in [0.15, 0.2) is 42.5 Å². The van der Waals surface area contributed by atoms with E-state index in [2.05, 4.69) is 5.32 Å². The van der Waals surface area contributed by atoms with Crippen LogP contribution in [0.4, 0.5) is 8.78 Å². The molecule has 0 aliphatic heterocycles. The minimum absolute atomic E-state index is 0.211. The average molecular weight is 277 g/mol. The lowest BCUT2D eigenvalue weighted by Gasteiger charge is -2.16. The monoisotopic (exact) mass is 277 g/mol. The maximum Gasteiger partial charge on any atom is 0.244 e. The second kappa shape index (κ2) is 5.99. The average Bonchev–Trinajstić information content (AvgIpc) is 3.18. The van der Waals surface area contributed by atoms with E-state index in [1.54, 1.807) is 12.2 Å². The van der Waals surface area contributed by atoms with Crippen molar-refractivity contribution in [3.05, 3.63) is 59.7 Å². The second-order valence-corrected chi connectivity index (χ2v) is 5.01. The Kier molecular flexibility index (Phi) is 4.32. The Balaban J connectivity index is 2.00. The summed E-state index contributed by atoms with van der Waals surface area (Å²) >= 11 is 0. The molecule has 0 aromatic heterocycles. The van der Waals surface area contributed by atoms with Crippen LogP contribution in [-0.2, 0) is 10.2 Å². The van der Waals surface area contributed by atoms with Gasteiger partial charge in [-0.25, -0.2) is 8.78 Å². The fourth-order valence-corrected chi connectivity index (χ4v) is 2.18. The zero-order chi connectivity index (χ0) is 14.6. The molecule has 1 amide bonds. The Morgan fingerprint density at radius 3 is 2.70 bits per heavy atom. The van der Waals surface area contributed by atoms with Gasteiger partial charge in [-0.15, -0.1) is 0 Å². The maximum atomic E-state index is 13.8. The summed E-state index contributed by atoms with van der Waals surface area (Å²) in [6.45, 7) is 2.23. The molecule has 1 aliphatic rings. The third-order valence-electron chi connectivity index (χ3n) is 3.51. The number of benzene rings is 1. The van der Waals surface area contributed by atoms with Crippen molar-refractivity contribution in [2.45, 2.75) is 25.2 Å². The zero-order valence-corrected chi connectivity index (χ0v) is 11.3. The van der Waals surface area contributed by atoms with Crippen LogP contribution >= 0.6 is 0 Å². The van der Waals surface area contributed by atoms with Gasteiger partial charge in [-0.2, -0.15) is 0 Å². The summed E-state index contributed by atoms with van der Waals surface area (Å²) in [4.78, 5) is 11.6. The molecule has 1 N–H and O–H groups in total. The molecule has 20 heavy (non-hydrogen) atoms. The van der Waals surface area contributed by atoms with Crippen molar-refractivity contribution in [2.24, 2.45) is 0 Å². The Bertz CT molecular complexity index is 560. The van der Waals surface area contributed by atoms with E-state index in [9.17, 15) is 13.6 Å². The SMILES string of the molecule is C/C=C/C=C/C(=O)NCC1(c2ccc(F)cc2F)CC1. The number of halogens is 2. The number of rotatable bonds is 5. The number of allylic oxidation sites excluding steroid dienone is 3. The fraction of sp³-hybridized carbons (Fsp3) is 0.312. The first-order chi connectivity index (χ1) is 9.57. The molecular weight excluding hydrogens is 260 g/mol. The quantitative estimate of drug-likeness (QED) is 0.649. The Hall–Kier alpha value is -1.97. The van der Waals surface area contributed by atoms with Gasteiger partial charge in [0.1, 0.15) is 11.6 Å². The largest absolute Gasteiger partial charge is 0.352 e. The molecule has 4 heteroatoms. The molecule has 1 aromatic carbocycles. The molecule has 1 aliphatic carbocycles. The molecule has 106 valence electrons. The first kappa shape index (κ1) is 14.4. The summed E-state index contributed by atoms with van der Waals surface area (Å²) < 4.78 is 26.7. The minimum atomic E-state index is -0.583. The van der Waals surface area contributed by atoms with Crippen molar-refractivity contribution in [3.63, 3.8) is 0 Å². The van der Waals surface area contributed by atoms with E-state index in [1.807, 2.05) is 13.0 Å². The van der Waals surface area contributed by atoms with E-state index in [0.29, 0.717) is 12.1 Å². The van der Waals surface area contributed by atoms with Gasteiger partial charge in [0.15, 0.2) is 0 Å². The minimum Gasteiger partial charge on any atom is -0.352 e. The van der Waals surface area contributed by atoms with Crippen LogP contribution in [0.25, 0.3) is 0 Å². The van der Waals surface area contributed by atoms with Gasteiger partial charge in [0.25, 0.3) is 0 Å². The van der Waals surface area contributed by atoms with Gasteiger partial charge in [-0.1, -0.05) is 24.3 Å². The van der Waals surface area contributed by atoms with E-state index in [1.165, 1.54) is 18.2 Å². The Morgan fingerprint density at radius 1 is 1.35 bits per heavy atom. The molecule has 0 bridgehead atoms. The molecule has 1 fully saturated rings. The van der Waals surface area contributed by atoms with Crippen LogP contribution in [-0.4, -0.2) is 12.5 Å². The lowest BCUT2D eigenvalue weighted by molar-refractivity contribution is -0.116. The molecule has 1 aromatic rings. The lowest BCUT2D eigenvalue weighted by atomic mass is 9.95. The van der Waals surface area contributed by atoms with Crippen LogP contribution in [0.1, 0.15) is 25.3 Å². The molecule has 2 rings (SSSR count). The molecule has 2 nitrogen and oxygen atoms in total. The smallest absolute Gasteiger partial charge is 0.244 e. The Morgan fingerprint density at radius 2 is 2.10 bits per heavy atom. The predicted molar refractivity (Wildman–Crippen MR) is 74.2 cm³/mol. The van der Waals surface area contributed by atoms with E-state index in [0.717, 1.165) is 18.9 Å². The summed E-state index contributed by atoms with van der Waals surface area (Å²) in [5.74, 6) is -1.33. The maximum absolute atomic E-state index is 13.8. The number of carbonyl (C=O) groups is 1. The summed E-state index contributed by atoms with van der Waals surface area (Å²) in [5, 5.41) is 2.76. The topological polar surface area (TPSA) is 29.1 Å². The molecule has 0 radical (unpaired) electrons. The van der Waals surface area contributed by atoms with E-state index in [4.69, 9.17) is 0 Å². The van der Waals surface area contributed by atoms with Crippen molar-refractivity contribution in [1.82, 2.24) is 5.32 Å². The van der Waals surface area contributed by atoms with Gasteiger partial charge in [-0.05, 0) is 31.4 Å². The third kappa shape index (κ3) is 3.32. The molecule has 0 unspecified atom stereocenters. The predicted octanol–water partition coefficient (Wildman–Crippen LogP) is 3.24. The number of carbonyl (C=O) groups excluding carboxylic acids is 1. The van der Waals surface area contributed by atoms with Gasteiger partial charge in [0.2, 0.25) is 5.91 Å². The molecule has 0 saturated heterocycles. The highest BCUT2D eigenvalue weighted by Crippen LogP contribution is 2.48. The highest BCUT2D eigenvalue weighted by Gasteiger charge is 2.46. The standard InChI is InChI=1S/C16H17F2NO/c1-2-3-4-5-15(20)19-11-16(8-9-16)13-7-6-12(17)10-14(13)18/h2-7,10H,8-9,11H2,1H3,(H,19,20)/b3-2+,5-4+. The highest BCUT2D eigenvalue weighted by molar-refractivity contribution is 5.87. The molecule has 0 heterocycles. The van der Waals surface area contributed by atoms with E-state index < -0.39 is 11.6 Å². The van der Waals surface area contributed by atoms with Gasteiger partial charge in [0.05, 0.1) is 0 Å². The summed E-state index contributed by atoms with van der Waals surface area (Å²) in [5.41, 5.74) is 0.110. The van der Waals surface area contributed by atoms with E-state index >= 15 is 0 Å². The summed E-state index contributed by atoms with van der Waals surface area (Å²) in [7, 11) is 0. The van der Waals surface area contributed by atoms with Crippen LogP contribution in [0.5, 0.6) is 0 Å². The van der Waals surface area contributed by atoms with Gasteiger partial charge >= 0.3 is 0 Å². The molecule has 0 spiro atoms. The molecule has 1 saturated carbocycles. The van der Waals surface area contributed by atoms with Crippen LogP contribution in [0, 0.1) is 11.6 Å². The molecule has 0 atom stereocenters. The summed E-state index contributed by atoms with van der Waals surface area (Å²) in [6.07, 6.45) is 8.25. The van der Waals surface area contributed by atoms with Crippen molar-refractivity contribution in [3.8, 4) is 0 Å². The first-order valence-electron chi connectivity index (χ1n) is 6.60. The molecular formula is C16H17F2NO. The number of hydrogen-bond donors (Lipinski definition) is 1. The van der Waals surface area contributed by atoms with Crippen molar-refractivity contribution in [1.29, 1.82) is 0 Å².